The summed E-state index contributed by atoms with van der Waals surface area (Å²) in [6.07, 6.45) is 0. The van der Waals surface area contributed by atoms with Crippen LogP contribution in [0.3, 0.4) is 0 Å². The molecular formula is C9H12BrNO3S. The molecule has 0 aromatic heterocycles. The van der Waals surface area contributed by atoms with Crippen molar-refractivity contribution in [2.24, 2.45) is 5.14 Å². The SMILES string of the molecule is NS(=O)(=O)CCOCc1ccc(Br)cc1. The van der Waals surface area contributed by atoms with Gasteiger partial charge in [-0.2, -0.15) is 0 Å². The maximum atomic E-state index is 10.6. The highest BCUT2D eigenvalue weighted by molar-refractivity contribution is 9.10. The Labute approximate surface area is 97.6 Å². The van der Waals surface area contributed by atoms with Crippen LogP contribution >= 0.6 is 15.9 Å². The Kier molecular flexibility index (Phi) is 4.72. The van der Waals surface area contributed by atoms with E-state index in [4.69, 9.17) is 9.88 Å². The molecule has 1 aromatic carbocycles. The van der Waals surface area contributed by atoms with Gasteiger partial charge in [0.2, 0.25) is 10.0 Å². The van der Waals surface area contributed by atoms with Crippen molar-refractivity contribution in [3.8, 4) is 0 Å². The second kappa shape index (κ2) is 5.60. The number of halogens is 1. The van der Waals surface area contributed by atoms with Gasteiger partial charge in [-0.3, -0.25) is 0 Å². The molecule has 0 fully saturated rings. The number of nitrogens with two attached hydrogens (primary N) is 1. The predicted molar refractivity (Wildman–Crippen MR) is 61.8 cm³/mol. The lowest BCUT2D eigenvalue weighted by atomic mass is 10.2. The Hall–Kier alpha value is -0.430. The quantitative estimate of drug-likeness (QED) is 0.831. The molecule has 0 unspecified atom stereocenters. The van der Waals surface area contributed by atoms with Gasteiger partial charge in [0, 0.05) is 4.47 Å². The van der Waals surface area contributed by atoms with E-state index in [2.05, 4.69) is 15.9 Å². The molecule has 1 aromatic rings. The van der Waals surface area contributed by atoms with Gasteiger partial charge in [0.25, 0.3) is 0 Å². The largest absolute Gasteiger partial charge is 0.376 e. The van der Waals surface area contributed by atoms with Crippen molar-refractivity contribution >= 4 is 26.0 Å². The topological polar surface area (TPSA) is 69.4 Å². The van der Waals surface area contributed by atoms with Crippen LogP contribution in [0.4, 0.5) is 0 Å². The molecule has 84 valence electrons. The molecule has 0 radical (unpaired) electrons. The van der Waals surface area contributed by atoms with Gasteiger partial charge in [-0.05, 0) is 17.7 Å². The second-order valence-electron chi connectivity index (χ2n) is 3.05. The number of hydrogen-bond acceptors (Lipinski definition) is 3. The Balaban J connectivity index is 2.29. The summed E-state index contributed by atoms with van der Waals surface area (Å²) in [7, 11) is -3.42. The number of primary sulfonamides is 1. The van der Waals surface area contributed by atoms with Gasteiger partial charge in [0.05, 0.1) is 19.0 Å². The van der Waals surface area contributed by atoms with E-state index in [1.165, 1.54) is 0 Å². The van der Waals surface area contributed by atoms with E-state index in [1.807, 2.05) is 24.3 Å². The van der Waals surface area contributed by atoms with Gasteiger partial charge >= 0.3 is 0 Å². The molecule has 0 saturated carbocycles. The van der Waals surface area contributed by atoms with Crippen LogP contribution in [-0.2, 0) is 21.4 Å². The smallest absolute Gasteiger partial charge is 0.211 e. The minimum atomic E-state index is -3.42. The number of sulfonamides is 1. The molecular weight excluding hydrogens is 282 g/mol. The van der Waals surface area contributed by atoms with Crippen LogP contribution in [0.1, 0.15) is 5.56 Å². The number of rotatable bonds is 5. The minimum absolute atomic E-state index is 0.120. The van der Waals surface area contributed by atoms with Gasteiger partial charge in [0.1, 0.15) is 0 Å². The van der Waals surface area contributed by atoms with Crippen molar-refractivity contribution in [1.29, 1.82) is 0 Å². The highest BCUT2D eigenvalue weighted by atomic mass is 79.9. The molecule has 0 aliphatic carbocycles. The lowest BCUT2D eigenvalue weighted by Gasteiger charge is -2.03. The van der Waals surface area contributed by atoms with Crippen LogP contribution in [0.2, 0.25) is 0 Å². The second-order valence-corrected chi connectivity index (χ2v) is 5.70. The van der Waals surface area contributed by atoms with Gasteiger partial charge < -0.3 is 4.74 Å². The molecule has 15 heavy (non-hydrogen) atoms. The van der Waals surface area contributed by atoms with Gasteiger partial charge in [-0.15, -0.1) is 0 Å². The lowest BCUT2D eigenvalue weighted by Crippen LogP contribution is -2.20. The van der Waals surface area contributed by atoms with Crippen molar-refractivity contribution in [2.45, 2.75) is 6.61 Å². The van der Waals surface area contributed by atoms with Crippen LogP contribution in [0, 0.1) is 0 Å². The molecule has 0 amide bonds. The van der Waals surface area contributed by atoms with Gasteiger partial charge in [-0.25, -0.2) is 13.6 Å². The fourth-order valence-electron chi connectivity index (χ4n) is 0.946. The van der Waals surface area contributed by atoms with E-state index < -0.39 is 10.0 Å². The summed E-state index contributed by atoms with van der Waals surface area (Å²) in [6, 6.07) is 7.61. The predicted octanol–water partition coefficient (Wildman–Crippen LogP) is 1.25. The summed E-state index contributed by atoms with van der Waals surface area (Å²) in [5.74, 6) is -0.149. The summed E-state index contributed by atoms with van der Waals surface area (Å²) in [5.41, 5.74) is 0.993. The summed E-state index contributed by atoms with van der Waals surface area (Å²) in [6.45, 7) is 0.512. The summed E-state index contributed by atoms with van der Waals surface area (Å²) < 4.78 is 27.3. The summed E-state index contributed by atoms with van der Waals surface area (Å²) in [4.78, 5) is 0. The average molecular weight is 294 g/mol. The monoisotopic (exact) mass is 293 g/mol. The zero-order valence-corrected chi connectivity index (χ0v) is 10.4. The molecule has 0 atom stereocenters. The fourth-order valence-corrected chi connectivity index (χ4v) is 1.56. The Bertz CT molecular complexity index is 402. The van der Waals surface area contributed by atoms with Crippen molar-refractivity contribution in [2.75, 3.05) is 12.4 Å². The third-order valence-corrected chi connectivity index (χ3v) is 2.96. The zero-order chi connectivity index (χ0) is 11.3. The minimum Gasteiger partial charge on any atom is -0.376 e. The molecule has 2 N–H and O–H groups in total. The Morgan fingerprint density at radius 2 is 1.87 bits per heavy atom. The molecule has 6 heteroatoms. The molecule has 0 saturated heterocycles. The van der Waals surface area contributed by atoms with Gasteiger partial charge in [-0.1, -0.05) is 28.1 Å². The van der Waals surface area contributed by atoms with E-state index in [0.29, 0.717) is 6.61 Å². The van der Waals surface area contributed by atoms with Crippen LogP contribution in [0.25, 0.3) is 0 Å². The summed E-state index contributed by atoms with van der Waals surface area (Å²) >= 11 is 3.32. The first-order valence-electron chi connectivity index (χ1n) is 4.30. The highest BCUT2D eigenvalue weighted by Crippen LogP contribution is 2.10. The maximum Gasteiger partial charge on any atom is 0.211 e. The normalized spacial score (nSPS) is 11.6. The molecule has 0 heterocycles. The van der Waals surface area contributed by atoms with Crippen molar-refractivity contribution in [3.63, 3.8) is 0 Å². The van der Waals surface area contributed by atoms with Crippen LogP contribution in [-0.4, -0.2) is 20.8 Å². The van der Waals surface area contributed by atoms with Crippen LogP contribution in [0.5, 0.6) is 0 Å². The van der Waals surface area contributed by atoms with Crippen LogP contribution in [0.15, 0.2) is 28.7 Å². The fraction of sp³-hybridized carbons (Fsp3) is 0.333. The molecule has 4 nitrogen and oxygen atoms in total. The van der Waals surface area contributed by atoms with E-state index in [9.17, 15) is 8.42 Å². The first-order chi connectivity index (χ1) is 6.97. The third-order valence-electron chi connectivity index (χ3n) is 1.69. The number of ether oxygens (including phenoxy) is 1. The van der Waals surface area contributed by atoms with E-state index in [-0.39, 0.29) is 12.4 Å². The number of hydrogen-bond donors (Lipinski definition) is 1. The van der Waals surface area contributed by atoms with Crippen molar-refractivity contribution < 1.29 is 13.2 Å². The van der Waals surface area contributed by atoms with Crippen molar-refractivity contribution in [3.05, 3.63) is 34.3 Å². The van der Waals surface area contributed by atoms with E-state index in [1.54, 1.807) is 0 Å². The number of benzene rings is 1. The van der Waals surface area contributed by atoms with Crippen molar-refractivity contribution in [1.82, 2.24) is 0 Å². The molecule has 0 bridgehead atoms. The first kappa shape index (κ1) is 12.6. The highest BCUT2D eigenvalue weighted by Gasteiger charge is 2.01. The summed E-state index contributed by atoms with van der Waals surface area (Å²) in [5, 5.41) is 4.82. The molecule has 0 aliphatic rings. The van der Waals surface area contributed by atoms with Crippen LogP contribution < -0.4 is 5.14 Å². The average Bonchev–Trinajstić information content (AvgIpc) is 2.14. The van der Waals surface area contributed by atoms with E-state index in [0.717, 1.165) is 10.0 Å². The zero-order valence-electron chi connectivity index (χ0n) is 8.02. The van der Waals surface area contributed by atoms with Gasteiger partial charge in [0.15, 0.2) is 0 Å². The molecule has 0 aliphatic heterocycles. The standard InChI is InChI=1S/C9H12BrNO3S/c10-9-3-1-8(2-4-9)7-14-5-6-15(11,12)13/h1-4H,5-7H2,(H2,11,12,13). The maximum absolute atomic E-state index is 10.6. The lowest BCUT2D eigenvalue weighted by molar-refractivity contribution is 0.135. The Morgan fingerprint density at radius 1 is 1.27 bits per heavy atom. The Morgan fingerprint density at radius 3 is 2.40 bits per heavy atom. The van der Waals surface area contributed by atoms with E-state index >= 15 is 0 Å². The first-order valence-corrected chi connectivity index (χ1v) is 6.81. The molecule has 0 spiro atoms. The third kappa shape index (κ3) is 5.88. The molecule has 1 rings (SSSR count).